The topological polar surface area (TPSA) is 130 Å². The molecule has 0 radical (unpaired) electrons. The van der Waals surface area contributed by atoms with Crippen LogP contribution in [-0.2, 0) is 4.74 Å². The SMILES string of the molecule is Cc1nn(C(=O)OC(C)(C)C)cc1-c1cc2nc([C@@H]3CCCCN3C(=O)O)[nH]c(=O)c2s1. The lowest BCUT2D eigenvalue weighted by atomic mass is 10.0. The summed E-state index contributed by atoms with van der Waals surface area (Å²) in [5, 5.41) is 13.8. The van der Waals surface area contributed by atoms with Crippen LogP contribution < -0.4 is 5.56 Å². The van der Waals surface area contributed by atoms with Gasteiger partial charge in [-0.2, -0.15) is 9.78 Å². The molecule has 1 fully saturated rings. The third-order valence-corrected chi connectivity index (χ3v) is 6.37. The summed E-state index contributed by atoms with van der Waals surface area (Å²) in [6.45, 7) is 7.53. The lowest BCUT2D eigenvalue weighted by molar-refractivity contribution is 0.0514. The highest BCUT2D eigenvalue weighted by molar-refractivity contribution is 7.22. The molecule has 0 spiro atoms. The summed E-state index contributed by atoms with van der Waals surface area (Å²) in [5.41, 5.74) is 0.845. The molecule has 0 aromatic carbocycles. The van der Waals surface area contributed by atoms with E-state index in [2.05, 4.69) is 15.1 Å². The van der Waals surface area contributed by atoms with Crippen molar-refractivity contribution in [1.82, 2.24) is 24.6 Å². The first-order chi connectivity index (χ1) is 15.0. The fourth-order valence-electron chi connectivity index (χ4n) is 3.80. The van der Waals surface area contributed by atoms with Crippen molar-refractivity contribution in [3.63, 3.8) is 0 Å². The molecule has 0 bridgehead atoms. The summed E-state index contributed by atoms with van der Waals surface area (Å²) in [6, 6.07) is 1.30. The molecule has 1 amide bonds. The fraction of sp³-hybridized carbons (Fsp3) is 0.476. The molecule has 32 heavy (non-hydrogen) atoms. The molecule has 1 saturated heterocycles. The third kappa shape index (κ3) is 4.24. The second kappa shape index (κ2) is 8.05. The Kier molecular flexibility index (Phi) is 5.53. The Morgan fingerprint density at radius 2 is 2.06 bits per heavy atom. The Labute approximate surface area is 187 Å². The van der Waals surface area contributed by atoms with Gasteiger partial charge >= 0.3 is 12.2 Å². The molecule has 3 aromatic heterocycles. The van der Waals surface area contributed by atoms with Gasteiger partial charge in [-0.05, 0) is 53.0 Å². The van der Waals surface area contributed by atoms with Gasteiger partial charge in [0.1, 0.15) is 16.1 Å². The second-order valence-corrected chi connectivity index (χ2v) is 9.87. The Hall–Kier alpha value is -3.21. The average molecular weight is 460 g/mol. The molecule has 10 nitrogen and oxygen atoms in total. The van der Waals surface area contributed by atoms with Crippen molar-refractivity contribution in [2.45, 2.75) is 58.6 Å². The maximum atomic E-state index is 12.8. The highest BCUT2D eigenvalue weighted by atomic mass is 32.1. The summed E-state index contributed by atoms with van der Waals surface area (Å²) in [4.78, 5) is 46.2. The molecule has 1 aliphatic heterocycles. The maximum absolute atomic E-state index is 12.8. The standard InChI is InChI=1S/C21H25N5O5S/c1-11-12(10-26(24-11)20(30)31-21(2,3)4)15-9-13-16(32-15)18(27)23-17(22-13)14-7-5-6-8-25(14)19(28)29/h9-10,14H,5-8H2,1-4H3,(H,28,29)(H,22,23,27)/t14-/m0/s1. The van der Waals surface area contributed by atoms with Gasteiger partial charge in [-0.15, -0.1) is 11.3 Å². The summed E-state index contributed by atoms with van der Waals surface area (Å²) in [5.74, 6) is 0.357. The Bertz CT molecular complexity index is 1250. The number of likely N-dealkylation sites (tertiary alicyclic amines) is 1. The lowest BCUT2D eigenvalue weighted by Gasteiger charge is -2.32. The molecule has 3 aromatic rings. The lowest BCUT2D eigenvalue weighted by Crippen LogP contribution is -2.38. The number of carboxylic acid groups (broad SMARTS) is 1. The van der Waals surface area contributed by atoms with Gasteiger partial charge in [-0.1, -0.05) is 0 Å². The molecule has 0 saturated carbocycles. The number of nitrogens with zero attached hydrogens (tertiary/aromatic N) is 4. The van der Waals surface area contributed by atoms with E-state index in [0.717, 1.165) is 22.4 Å². The van der Waals surface area contributed by atoms with Crippen LogP contribution in [0.1, 0.15) is 57.6 Å². The molecular weight excluding hydrogens is 434 g/mol. The molecule has 11 heteroatoms. The Morgan fingerprint density at radius 1 is 1.31 bits per heavy atom. The van der Waals surface area contributed by atoms with E-state index in [9.17, 15) is 19.5 Å². The van der Waals surface area contributed by atoms with Crippen molar-refractivity contribution >= 4 is 33.7 Å². The van der Waals surface area contributed by atoms with Crippen LogP contribution in [0.5, 0.6) is 0 Å². The van der Waals surface area contributed by atoms with Crippen LogP contribution in [0.15, 0.2) is 17.1 Å². The molecule has 170 valence electrons. The van der Waals surface area contributed by atoms with Gasteiger partial charge in [0.2, 0.25) is 0 Å². The van der Waals surface area contributed by atoms with Crippen LogP contribution in [-0.4, -0.2) is 54.1 Å². The zero-order chi connectivity index (χ0) is 23.2. The first kappa shape index (κ1) is 22.0. The summed E-state index contributed by atoms with van der Waals surface area (Å²) < 4.78 is 6.95. The number of ether oxygens (including phenoxy) is 1. The summed E-state index contributed by atoms with van der Waals surface area (Å²) in [7, 11) is 0. The van der Waals surface area contributed by atoms with Crippen LogP contribution >= 0.6 is 11.3 Å². The smallest absolute Gasteiger partial charge is 0.435 e. The largest absolute Gasteiger partial charge is 0.465 e. The number of hydrogen-bond donors (Lipinski definition) is 2. The van der Waals surface area contributed by atoms with E-state index < -0.39 is 23.8 Å². The monoisotopic (exact) mass is 459 g/mol. The first-order valence-corrected chi connectivity index (χ1v) is 11.2. The van der Waals surface area contributed by atoms with E-state index in [1.54, 1.807) is 40.0 Å². The van der Waals surface area contributed by atoms with Gasteiger partial charge in [-0.25, -0.2) is 14.6 Å². The quantitative estimate of drug-likeness (QED) is 0.589. The minimum Gasteiger partial charge on any atom is -0.465 e. The van der Waals surface area contributed by atoms with Crippen molar-refractivity contribution in [3.8, 4) is 10.4 Å². The number of carbonyl (C=O) groups excluding carboxylic acids is 1. The molecule has 1 atom stereocenters. The normalized spacial score (nSPS) is 17.0. The molecule has 4 heterocycles. The van der Waals surface area contributed by atoms with E-state index in [1.807, 2.05) is 0 Å². The first-order valence-electron chi connectivity index (χ1n) is 10.4. The van der Waals surface area contributed by atoms with Crippen LogP contribution in [0.25, 0.3) is 20.7 Å². The molecule has 0 aliphatic carbocycles. The second-order valence-electron chi connectivity index (χ2n) is 8.82. The fourth-order valence-corrected chi connectivity index (χ4v) is 4.85. The van der Waals surface area contributed by atoms with Gasteiger partial charge in [0.15, 0.2) is 0 Å². The van der Waals surface area contributed by atoms with Gasteiger partial charge in [0, 0.05) is 23.2 Å². The predicted molar refractivity (Wildman–Crippen MR) is 119 cm³/mol. The van der Waals surface area contributed by atoms with E-state index in [1.165, 1.54) is 16.2 Å². The Balaban J connectivity index is 1.71. The van der Waals surface area contributed by atoms with Gasteiger partial charge < -0.3 is 14.8 Å². The minimum atomic E-state index is -1.02. The van der Waals surface area contributed by atoms with E-state index in [0.29, 0.717) is 40.3 Å². The number of nitrogens with one attached hydrogen (secondary N) is 1. The van der Waals surface area contributed by atoms with Crippen LogP contribution in [0.4, 0.5) is 9.59 Å². The average Bonchev–Trinajstić information content (AvgIpc) is 3.30. The van der Waals surface area contributed by atoms with Gasteiger partial charge in [-0.3, -0.25) is 9.69 Å². The maximum Gasteiger partial charge on any atom is 0.435 e. The van der Waals surface area contributed by atoms with E-state index in [4.69, 9.17) is 4.74 Å². The van der Waals surface area contributed by atoms with Crippen LogP contribution in [0.2, 0.25) is 0 Å². The molecule has 4 rings (SSSR count). The number of H-pyrrole nitrogens is 1. The number of aryl methyl sites for hydroxylation is 1. The van der Waals surface area contributed by atoms with Crippen LogP contribution in [0.3, 0.4) is 0 Å². The summed E-state index contributed by atoms with van der Waals surface area (Å²) >= 11 is 1.25. The number of aromatic amines is 1. The number of hydrogen-bond acceptors (Lipinski definition) is 7. The van der Waals surface area contributed by atoms with Crippen molar-refractivity contribution < 1.29 is 19.4 Å². The molecule has 1 aliphatic rings. The highest BCUT2D eigenvalue weighted by Crippen LogP contribution is 2.34. The zero-order valence-electron chi connectivity index (χ0n) is 18.3. The van der Waals surface area contributed by atoms with Crippen molar-refractivity contribution in [2.75, 3.05) is 6.54 Å². The minimum absolute atomic E-state index is 0.311. The number of carbonyl (C=O) groups is 2. The summed E-state index contributed by atoms with van der Waals surface area (Å²) in [6.07, 6.45) is 2.24. The van der Waals surface area contributed by atoms with E-state index >= 15 is 0 Å². The third-order valence-electron chi connectivity index (χ3n) is 5.21. The molecular formula is C21H25N5O5S. The Morgan fingerprint density at radius 3 is 2.75 bits per heavy atom. The van der Waals surface area contributed by atoms with Crippen molar-refractivity contribution in [1.29, 1.82) is 0 Å². The highest BCUT2D eigenvalue weighted by Gasteiger charge is 2.30. The van der Waals surface area contributed by atoms with Crippen LogP contribution in [0, 0.1) is 6.92 Å². The van der Waals surface area contributed by atoms with Gasteiger partial charge in [0.05, 0.1) is 17.3 Å². The zero-order valence-corrected chi connectivity index (χ0v) is 19.2. The number of fused-ring (bicyclic) bond motifs is 1. The number of aromatic nitrogens is 4. The van der Waals surface area contributed by atoms with Crippen molar-refractivity contribution in [3.05, 3.63) is 34.1 Å². The number of rotatable bonds is 2. The molecule has 2 N–H and O–H groups in total. The van der Waals surface area contributed by atoms with Crippen molar-refractivity contribution in [2.24, 2.45) is 0 Å². The number of amides is 1. The van der Waals surface area contributed by atoms with Gasteiger partial charge in [0.25, 0.3) is 5.56 Å². The number of piperidine rings is 1. The number of thiophene rings is 1. The predicted octanol–water partition coefficient (Wildman–Crippen LogP) is 4.14. The van der Waals surface area contributed by atoms with E-state index in [-0.39, 0.29) is 5.56 Å². The molecule has 0 unspecified atom stereocenters.